The Morgan fingerprint density at radius 1 is 0.230 bits per heavy atom. The van der Waals surface area contributed by atoms with Crippen molar-refractivity contribution in [2.75, 3.05) is 9.80 Å². The molecule has 0 N–H and O–H groups in total. The summed E-state index contributed by atoms with van der Waals surface area (Å²) < 4.78 is 19.1. The van der Waals surface area contributed by atoms with E-state index in [0.717, 1.165) is 111 Å². The number of aromatic nitrogens is 2. The van der Waals surface area contributed by atoms with Gasteiger partial charge in [0.1, 0.15) is 22.3 Å². The summed E-state index contributed by atoms with van der Waals surface area (Å²) >= 11 is 0. The molecule has 4 heterocycles. The molecule has 4 aromatic heterocycles. The highest BCUT2D eigenvalue weighted by molar-refractivity contribution is 6.28. The van der Waals surface area contributed by atoms with Crippen LogP contribution in [0.3, 0.4) is 0 Å². The van der Waals surface area contributed by atoms with Crippen molar-refractivity contribution in [3.63, 3.8) is 0 Å². The molecule has 14 aromatic carbocycles. The van der Waals surface area contributed by atoms with Crippen LogP contribution in [0.4, 0.5) is 34.1 Å². The van der Waals surface area contributed by atoms with Crippen LogP contribution >= 0.6 is 0 Å². The van der Waals surface area contributed by atoms with E-state index in [1.807, 2.05) is 0 Å². The number of nitrogens with zero attached hydrogens (tertiary/aromatic N) is 4. The van der Waals surface area contributed by atoms with E-state index in [9.17, 15) is 0 Å². The summed E-state index contributed by atoms with van der Waals surface area (Å²) in [5, 5.41) is 16.3. The smallest absolute Gasteiger partial charge is 0.137 e. The van der Waals surface area contributed by atoms with Gasteiger partial charge in [-0.15, -0.1) is 0 Å². The Morgan fingerprint density at radius 2 is 0.560 bits per heavy atom. The lowest BCUT2D eigenvalue weighted by Gasteiger charge is -2.31. The van der Waals surface area contributed by atoms with Gasteiger partial charge in [0.25, 0.3) is 0 Å². The summed E-state index contributed by atoms with van der Waals surface area (Å²) in [6.45, 7) is 27.8. The number of rotatable bonds is 8. The van der Waals surface area contributed by atoms with Crippen molar-refractivity contribution in [1.82, 2.24) is 9.13 Å². The van der Waals surface area contributed by atoms with E-state index in [2.05, 4.69) is 369 Å². The van der Waals surface area contributed by atoms with Crippen molar-refractivity contribution in [1.29, 1.82) is 0 Å². The summed E-state index contributed by atoms with van der Waals surface area (Å²) in [5.41, 5.74) is 21.3. The maximum atomic E-state index is 7.11. The van der Waals surface area contributed by atoms with Crippen LogP contribution in [0, 0.1) is 0 Å². The SMILES string of the molecule is CC(C)(C)c1cc(N(c2ccc3c(c2)oc2ccc4c(ccc5oc6cc(N(c7cc(C(C)(C)C)cc(C(C)(C)C)c7)c7ccc8c(c7)c7c9ccccc9ccc7n8-c7ccccc7)ccc6c54)c23)c2ccc3c(c2)c2c4ccccc4ccc2n3-c2ccccc2)cc(C(C)(C)C)c1. The largest absolute Gasteiger partial charge is 0.456 e. The number of furan rings is 2. The molecule has 0 atom stereocenters. The molecular formula is C94H80N4O2. The van der Waals surface area contributed by atoms with Gasteiger partial charge < -0.3 is 27.8 Å². The fourth-order valence-corrected chi connectivity index (χ4v) is 15.9. The summed E-state index contributed by atoms with van der Waals surface area (Å²) in [6, 6.07) is 99.3. The van der Waals surface area contributed by atoms with Crippen molar-refractivity contribution < 1.29 is 8.83 Å². The Bertz CT molecular complexity index is 5930. The Hall–Kier alpha value is -11.3. The van der Waals surface area contributed by atoms with Crippen LogP contribution in [-0.4, -0.2) is 9.13 Å². The summed E-state index contributed by atoms with van der Waals surface area (Å²) in [6.07, 6.45) is 0. The van der Waals surface area contributed by atoms with E-state index in [0.29, 0.717) is 0 Å². The summed E-state index contributed by atoms with van der Waals surface area (Å²) in [4.78, 5) is 4.91. The minimum atomic E-state index is -0.111. The molecule has 488 valence electrons. The third kappa shape index (κ3) is 9.81. The average Bonchev–Trinajstić information content (AvgIpc) is 1.57. The predicted molar refractivity (Wildman–Crippen MR) is 426 cm³/mol. The molecule has 0 radical (unpaired) electrons. The Morgan fingerprint density at radius 3 is 0.940 bits per heavy atom. The van der Waals surface area contributed by atoms with Gasteiger partial charge in [0.15, 0.2) is 0 Å². The van der Waals surface area contributed by atoms with Crippen LogP contribution in [0.15, 0.2) is 276 Å². The lowest BCUT2D eigenvalue weighted by atomic mass is 9.80. The Kier molecular flexibility index (Phi) is 13.5. The van der Waals surface area contributed by atoms with E-state index < -0.39 is 0 Å². The molecule has 0 aliphatic carbocycles. The van der Waals surface area contributed by atoms with Gasteiger partial charge >= 0.3 is 0 Å². The van der Waals surface area contributed by atoms with Gasteiger partial charge in [-0.05, 0) is 222 Å². The topological polar surface area (TPSA) is 42.6 Å². The highest BCUT2D eigenvalue weighted by atomic mass is 16.3. The summed E-state index contributed by atoms with van der Waals surface area (Å²) in [7, 11) is 0. The second kappa shape index (κ2) is 22.1. The van der Waals surface area contributed by atoms with Gasteiger partial charge in [0, 0.05) is 101 Å². The molecule has 18 aromatic rings. The molecule has 0 unspecified atom stereocenters. The monoisotopic (exact) mass is 1300 g/mol. The van der Waals surface area contributed by atoms with Crippen molar-refractivity contribution in [2.45, 2.75) is 105 Å². The molecule has 0 amide bonds. The second-order valence-electron chi connectivity index (χ2n) is 31.9. The van der Waals surface area contributed by atoms with Crippen molar-refractivity contribution in [3.05, 3.63) is 289 Å². The van der Waals surface area contributed by atoms with Crippen molar-refractivity contribution >= 4 is 154 Å². The molecular weight excluding hydrogens is 1220 g/mol. The molecule has 6 nitrogen and oxygen atoms in total. The first-order valence-electron chi connectivity index (χ1n) is 35.3. The maximum Gasteiger partial charge on any atom is 0.137 e. The number of benzene rings is 14. The molecule has 0 fully saturated rings. The lowest BCUT2D eigenvalue weighted by Crippen LogP contribution is -2.19. The van der Waals surface area contributed by atoms with E-state index >= 15 is 0 Å². The fraction of sp³-hybridized carbons (Fsp3) is 0.170. The number of para-hydroxylation sites is 2. The molecule has 18 rings (SSSR count). The molecule has 0 aliphatic rings. The zero-order valence-corrected chi connectivity index (χ0v) is 59.0. The number of hydrogen-bond donors (Lipinski definition) is 0. The van der Waals surface area contributed by atoms with E-state index in [1.165, 1.54) is 76.4 Å². The molecule has 0 bridgehead atoms. The average molecular weight is 1300 g/mol. The quantitative estimate of drug-likeness (QED) is 0.152. The zero-order valence-electron chi connectivity index (χ0n) is 59.0. The van der Waals surface area contributed by atoms with Crippen LogP contribution in [0.2, 0.25) is 0 Å². The van der Waals surface area contributed by atoms with Crippen LogP contribution in [-0.2, 0) is 21.7 Å². The summed E-state index contributed by atoms with van der Waals surface area (Å²) in [5.74, 6) is 0. The Balaban J connectivity index is 0.809. The van der Waals surface area contributed by atoms with Crippen LogP contribution in [0.25, 0.3) is 131 Å². The second-order valence-corrected chi connectivity index (χ2v) is 31.9. The minimum Gasteiger partial charge on any atom is -0.456 e. The predicted octanol–water partition coefficient (Wildman–Crippen LogP) is 27.3. The Labute approximate surface area is 583 Å². The number of hydrogen-bond acceptors (Lipinski definition) is 4. The molecule has 0 saturated carbocycles. The first-order chi connectivity index (χ1) is 48.1. The molecule has 100 heavy (non-hydrogen) atoms. The molecule has 0 spiro atoms. The van der Waals surface area contributed by atoms with Crippen LogP contribution in [0.5, 0.6) is 0 Å². The van der Waals surface area contributed by atoms with Gasteiger partial charge in [0.05, 0.1) is 22.1 Å². The number of anilines is 6. The van der Waals surface area contributed by atoms with Crippen LogP contribution < -0.4 is 9.80 Å². The van der Waals surface area contributed by atoms with Crippen molar-refractivity contribution in [2.24, 2.45) is 0 Å². The first kappa shape index (κ1) is 61.0. The molecule has 0 saturated heterocycles. The van der Waals surface area contributed by atoms with Gasteiger partial charge in [-0.25, -0.2) is 0 Å². The molecule has 0 aliphatic heterocycles. The highest BCUT2D eigenvalue weighted by Crippen LogP contribution is 2.50. The first-order valence-corrected chi connectivity index (χ1v) is 35.3. The minimum absolute atomic E-state index is 0.111. The number of fused-ring (bicyclic) bond motifs is 19. The van der Waals surface area contributed by atoms with Crippen molar-refractivity contribution in [3.8, 4) is 11.4 Å². The third-order valence-corrected chi connectivity index (χ3v) is 21.2. The lowest BCUT2D eigenvalue weighted by molar-refractivity contribution is 0.568. The highest BCUT2D eigenvalue weighted by Gasteiger charge is 2.29. The maximum absolute atomic E-state index is 7.11. The van der Waals surface area contributed by atoms with E-state index in [1.54, 1.807) is 0 Å². The van der Waals surface area contributed by atoms with Gasteiger partial charge in [-0.2, -0.15) is 0 Å². The van der Waals surface area contributed by atoms with Gasteiger partial charge in [-0.1, -0.05) is 192 Å². The van der Waals surface area contributed by atoms with E-state index in [4.69, 9.17) is 8.83 Å². The normalized spacial score (nSPS) is 12.8. The molecule has 6 heteroatoms. The fourth-order valence-electron chi connectivity index (χ4n) is 15.9. The van der Waals surface area contributed by atoms with Crippen LogP contribution in [0.1, 0.15) is 105 Å². The standard InChI is InChI=1S/C94H80N4O2/c1-91(2,3)59-47-60(92(4,5)6)50-69(49-59)95(65-35-43-79-77(53-65)87-71-29-21-19-23-57(71)31-41-81(87)97(79)63-25-15-13-16-26-63)67-33-37-75-85(55-67)99-83-45-39-74-73(89(75)83)40-46-84-90(74)76-38-34-68(56-86(76)100-84)96(70-51-61(93(7,8)9)48-62(52-70)94(10,11)12)66-36-44-80-78(54-66)88-72-30-22-20-24-58(72)32-42-82(88)98(80)64-27-17-14-18-28-64/h13-56H,1-12H3. The van der Waals surface area contributed by atoms with Gasteiger partial charge in [0.2, 0.25) is 0 Å². The third-order valence-electron chi connectivity index (χ3n) is 21.2. The zero-order chi connectivity index (χ0) is 68.5. The van der Waals surface area contributed by atoms with E-state index in [-0.39, 0.29) is 21.7 Å². The van der Waals surface area contributed by atoms with Gasteiger partial charge in [-0.3, -0.25) is 0 Å².